The summed E-state index contributed by atoms with van der Waals surface area (Å²) in [7, 11) is 0. The number of urea groups is 1. The van der Waals surface area contributed by atoms with Crippen molar-refractivity contribution in [2.24, 2.45) is 5.92 Å². The van der Waals surface area contributed by atoms with Crippen molar-refractivity contribution in [3.63, 3.8) is 0 Å². The van der Waals surface area contributed by atoms with Crippen LogP contribution in [-0.2, 0) is 9.53 Å². The van der Waals surface area contributed by atoms with E-state index in [2.05, 4.69) is 10.6 Å². The molecule has 19 heavy (non-hydrogen) atoms. The Labute approximate surface area is 114 Å². The Balaban J connectivity index is 3.54. The summed E-state index contributed by atoms with van der Waals surface area (Å²) in [5.74, 6) is -0.485. The van der Waals surface area contributed by atoms with Gasteiger partial charge in [0.25, 0.3) is 0 Å². The molecular formula is C13H26N2O4. The van der Waals surface area contributed by atoms with Crippen LogP contribution in [0.1, 0.15) is 40.0 Å². The third-order valence-electron chi connectivity index (χ3n) is 2.77. The second-order valence-corrected chi connectivity index (χ2v) is 4.73. The highest BCUT2D eigenvalue weighted by atomic mass is 16.5. The number of hydrogen-bond acceptors (Lipinski definition) is 3. The summed E-state index contributed by atoms with van der Waals surface area (Å²) >= 11 is 0. The standard InChI is InChI=1S/C13H26N2O4/c1-4-19-11(3)9-15-13(18)14-8-7-10(2)5-6-12(16)17/h10-11H,4-9H2,1-3H3,(H,16,17)(H2,14,15,18). The van der Waals surface area contributed by atoms with E-state index in [1.54, 1.807) is 0 Å². The van der Waals surface area contributed by atoms with Crippen LogP contribution in [0.4, 0.5) is 4.79 Å². The van der Waals surface area contributed by atoms with E-state index in [1.807, 2.05) is 20.8 Å². The number of carboxylic acid groups (broad SMARTS) is 1. The second kappa shape index (κ2) is 10.6. The molecule has 3 N–H and O–H groups in total. The number of carbonyl (C=O) groups is 2. The van der Waals surface area contributed by atoms with E-state index in [4.69, 9.17) is 9.84 Å². The van der Waals surface area contributed by atoms with Gasteiger partial charge in [0.2, 0.25) is 0 Å². The molecule has 0 saturated heterocycles. The summed E-state index contributed by atoms with van der Waals surface area (Å²) in [6.45, 7) is 7.46. The summed E-state index contributed by atoms with van der Waals surface area (Å²) in [6.07, 6.45) is 1.60. The molecule has 2 atom stereocenters. The fourth-order valence-corrected chi connectivity index (χ4v) is 1.59. The molecule has 0 aromatic heterocycles. The van der Waals surface area contributed by atoms with Crippen molar-refractivity contribution in [2.75, 3.05) is 19.7 Å². The first-order valence-corrected chi connectivity index (χ1v) is 6.80. The van der Waals surface area contributed by atoms with Crippen molar-refractivity contribution in [3.05, 3.63) is 0 Å². The summed E-state index contributed by atoms with van der Waals surface area (Å²) in [5.41, 5.74) is 0. The van der Waals surface area contributed by atoms with Gasteiger partial charge in [-0.1, -0.05) is 6.92 Å². The summed E-state index contributed by atoms with van der Waals surface area (Å²) in [4.78, 5) is 21.8. The number of amides is 2. The van der Waals surface area contributed by atoms with E-state index in [0.717, 1.165) is 6.42 Å². The summed E-state index contributed by atoms with van der Waals surface area (Å²) in [5, 5.41) is 14.0. The van der Waals surface area contributed by atoms with Gasteiger partial charge < -0.3 is 20.5 Å². The fourth-order valence-electron chi connectivity index (χ4n) is 1.59. The van der Waals surface area contributed by atoms with Crippen LogP contribution in [0, 0.1) is 5.92 Å². The first-order valence-electron chi connectivity index (χ1n) is 6.80. The maximum absolute atomic E-state index is 11.4. The molecule has 0 fully saturated rings. The molecule has 0 bridgehead atoms. The maximum Gasteiger partial charge on any atom is 0.314 e. The average Bonchev–Trinajstić information content (AvgIpc) is 2.34. The Morgan fingerprint density at radius 2 is 1.89 bits per heavy atom. The van der Waals surface area contributed by atoms with Crippen molar-refractivity contribution in [1.82, 2.24) is 10.6 Å². The molecule has 0 aliphatic carbocycles. The molecule has 0 spiro atoms. The minimum absolute atomic E-state index is 0.00485. The largest absolute Gasteiger partial charge is 0.481 e. The number of nitrogens with one attached hydrogen (secondary N) is 2. The van der Waals surface area contributed by atoms with Crippen LogP contribution in [0.5, 0.6) is 0 Å². The lowest BCUT2D eigenvalue weighted by Gasteiger charge is -2.14. The molecule has 0 aromatic rings. The number of hydrogen-bond donors (Lipinski definition) is 3. The third-order valence-corrected chi connectivity index (χ3v) is 2.77. The number of ether oxygens (including phenoxy) is 1. The van der Waals surface area contributed by atoms with Crippen LogP contribution in [0.15, 0.2) is 0 Å². The molecule has 6 nitrogen and oxygen atoms in total. The molecular weight excluding hydrogens is 248 g/mol. The number of aliphatic carboxylic acids is 1. The zero-order chi connectivity index (χ0) is 14.7. The molecule has 0 saturated carbocycles. The number of carbonyl (C=O) groups excluding carboxylic acids is 1. The van der Waals surface area contributed by atoms with Crippen LogP contribution in [-0.4, -0.2) is 42.9 Å². The highest BCUT2D eigenvalue weighted by Crippen LogP contribution is 2.08. The van der Waals surface area contributed by atoms with E-state index >= 15 is 0 Å². The van der Waals surface area contributed by atoms with E-state index in [1.165, 1.54) is 0 Å². The van der Waals surface area contributed by atoms with E-state index in [9.17, 15) is 9.59 Å². The predicted molar refractivity (Wildman–Crippen MR) is 73.1 cm³/mol. The maximum atomic E-state index is 11.4. The number of rotatable bonds is 10. The lowest BCUT2D eigenvalue weighted by molar-refractivity contribution is -0.137. The molecule has 2 amide bonds. The number of carboxylic acids is 1. The predicted octanol–water partition coefficient (Wildman–Crippen LogP) is 1.60. The third kappa shape index (κ3) is 11.5. The molecule has 0 aliphatic rings. The molecule has 112 valence electrons. The van der Waals surface area contributed by atoms with Crippen molar-refractivity contribution < 1.29 is 19.4 Å². The SMILES string of the molecule is CCOC(C)CNC(=O)NCCC(C)CCC(=O)O. The highest BCUT2D eigenvalue weighted by Gasteiger charge is 2.07. The normalized spacial score (nSPS) is 13.6. The molecule has 2 unspecified atom stereocenters. The van der Waals surface area contributed by atoms with Gasteiger partial charge >= 0.3 is 12.0 Å². The minimum Gasteiger partial charge on any atom is -0.481 e. The van der Waals surface area contributed by atoms with Gasteiger partial charge in [-0.05, 0) is 32.6 Å². The molecule has 0 rings (SSSR count). The topological polar surface area (TPSA) is 87.7 Å². The molecule has 0 aliphatic heterocycles. The van der Waals surface area contributed by atoms with E-state index in [0.29, 0.717) is 32.0 Å². The molecule has 0 aromatic carbocycles. The fraction of sp³-hybridized carbons (Fsp3) is 0.846. The Morgan fingerprint density at radius 3 is 2.47 bits per heavy atom. The van der Waals surface area contributed by atoms with Crippen LogP contribution >= 0.6 is 0 Å². The Bertz CT molecular complexity index is 271. The Morgan fingerprint density at radius 1 is 1.21 bits per heavy atom. The smallest absolute Gasteiger partial charge is 0.314 e. The van der Waals surface area contributed by atoms with Crippen molar-refractivity contribution in [2.45, 2.75) is 46.1 Å². The molecule has 0 heterocycles. The molecule has 0 radical (unpaired) electrons. The minimum atomic E-state index is -0.775. The van der Waals surface area contributed by atoms with Crippen molar-refractivity contribution >= 4 is 12.0 Å². The first kappa shape index (κ1) is 17.7. The zero-order valence-corrected chi connectivity index (χ0v) is 12.1. The zero-order valence-electron chi connectivity index (χ0n) is 12.1. The monoisotopic (exact) mass is 274 g/mol. The van der Waals surface area contributed by atoms with Gasteiger partial charge in [-0.2, -0.15) is 0 Å². The van der Waals surface area contributed by atoms with Gasteiger partial charge in [-0.3, -0.25) is 4.79 Å². The van der Waals surface area contributed by atoms with Gasteiger partial charge in [-0.15, -0.1) is 0 Å². The Hall–Kier alpha value is -1.30. The van der Waals surface area contributed by atoms with E-state index < -0.39 is 5.97 Å². The highest BCUT2D eigenvalue weighted by molar-refractivity contribution is 5.73. The lowest BCUT2D eigenvalue weighted by atomic mass is 10.0. The van der Waals surface area contributed by atoms with Gasteiger partial charge in [0, 0.05) is 26.1 Å². The van der Waals surface area contributed by atoms with Crippen molar-refractivity contribution in [1.29, 1.82) is 0 Å². The van der Waals surface area contributed by atoms with Crippen LogP contribution < -0.4 is 10.6 Å². The van der Waals surface area contributed by atoms with Crippen LogP contribution in [0.3, 0.4) is 0 Å². The Kier molecular flexibility index (Phi) is 9.88. The summed E-state index contributed by atoms with van der Waals surface area (Å²) in [6, 6.07) is -0.211. The van der Waals surface area contributed by atoms with E-state index in [-0.39, 0.29) is 18.6 Å². The molecule has 6 heteroatoms. The quantitative estimate of drug-likeness (QED) is 0.564. The lowest BCUT2D eigenvalue weighted by Crippen LogP contribution is -2.40. The first-order chi connectivity index (χ1) is 8.95. The van der Waals surface area contributed by atoms with Gasteiger partial charge in [-0.25, -0.2) is 4.79 Å². The van der Waals surface area contributed by atoms with Crippen molar-refractivity contribution in [3.8, 4) is 0 Å². The van der Waals surface area contributed by atoms with Gasteiger partial charge in [0.05, 0.1) is 6.10 Å². The second-order valence-electron chi connectivity index (χ2n) is 4.73. The van der Waals surface area contributed by atoms with Crippen LogP contribution in [0.2, 0.25) is 0 Å². The van der Waals surface area contributed by atoms with Gasteiger partial charge in [0.1, 0.15) is 0 Å². The van der Waals surface area contributed by atoms with Gasteiger partial charge in [0.15, 0.2) is 0 Å². The average molecular weight is 274 g/mol. The van der Waals surface area contributed by atoms with Crippen LogP contribution in [0.25, 0.3) is 0 Å². The summed E-state index contributed by atoms with van der Waals surface area (Å²) < 4.78 is 5.29.